The highest BCUT2D eigenvalue weighted by atomic mass is 79.9. The van der Waals surface area contributed by atoms with Crippen molar-refractivity contribution in [3.8, 4) is 0 Å². The van der Waals surface area contributed by atoms with Crippen molar-refractivity contribution in [3.05, 3.63) is 0 Å². The first-order valence-electron chi connectivity index (χ1n) is 2.69. The minimum atomic E-state index is -0.911. The third kappa shape index (κ3) is 4.31. The van der Waals surface area contributed by atoms with Crippen molar-refractivity contribution in [1.82, 2.24) is 3.93 Å². The first kappa shape index (κ1) is 9.42. The molecule has 0 rings (SSSR count). The number of nitrogens with zero attached hydrogens (tertiary/aromatic N) is 1. The second-order valence-electron chi connectivity index (χ2n) is 1.75. The Morgan fingerprint density at radius 1 is 1.60 bits per heavy atom. The molecule has 58 valence electrons. The molecule has 0 bridgehead atoms. The first-order valence-corrected chi connectivity index (χ1v) is 3.40. The van der Waals surface area contributed by atoms with Gasteiger partial charge in [-0.2, -0.15) is 0 Å². The van der Waals surface area contributed by atoms with Crippen molar-refractivity contribution in [2.75, 3.05) is 6.54 Å². The van der Waals surface area contributed by atoms with Gasteiger partial charge in [0.05, 0.1) is 22.6 Å². The number of carboxylic acid groups (broad SMARTS) is 1. The van der Waals surface area contributed by atoms with Crippen molar-refractivity contribution < 1.29 is 14.7 Å². The predicted molar refractivity (Wildman–Crippen MR) is 38.6 cm³/mol. The average molecular weight is 210 g/mol. The lowest BCUT2D eigenvalue weighted by Gasteiger charge is -2.08. The topological polar surface area (TPSA) is 57.6 Å². The van der Waals surface area contributed by atoms with Gasteiger partial charge in [-0.05, 0) is 0 Å². The van der Waals surface area contributed by atoms with Crippen LogP contribution in [0.1, 0.15) is 13.3 Å². The molecule has 0 aromatic carbocycles. The Bertz CT molecular complexity index is 148. The van der Waals surface area contributed by atoms with E-state index in [1.54, 1.807) is 0 Å². The summed E-state index contributed by atoms with van der Waals surface area (Å²) in [7, 11) is 0. The van der Waals surface area contributed by atoms with Gasteiger partial charge in [-0.3, -0.25) is 13.5 Å². The standard InChI is InChI=1S/C5H8BrNO3/c1-4(8)7(6)3-2-5(9)10/h2-3H2,1H3,(H,9,10). The van der Waals surface area contributed by atoms with E-state index in [4.69, 9.17) is 5.11 Å². The quantitative estimate of drug-likeness (QED) is 0.694. The van der Waals surface area contributed by atoms with Crippen molar-refractivity contribution in [2.45, 2.75) is 13.3 Å². The van der Waals surface area contributed by atoms with Crippen LogP contribution < -0.4 is 0 Å². The molecule has 10 heavy (non-hydrogen) atoms. The number of rotatable bonds is 3. The molecule has 4 nitrogen and oxygen atoms in total. The van der Waals surface area contributed by atoms with Crippen LogP contribution in [0.15, 0.2) is 0 Å². The van der Waals surface area contributed by atoms with Gasteiger partial charge in [0, 0.05) is 13.5 Å². The number of carboxylic acids is 1. The van der Waals surface area contributed by atoms with Crippen LogP contribution >= 0.6 is 16.1 Å². The summed E-state index contributed by atoms with van der Waals surface area (Å²) in [4.78, 5) is 20.4. The molecule has 1 amide bonds. The maximum absolute atomic E-state index is 10.4. The molecule has 0 saturated heterocycles. The average Bonchev–Trinajstić information content (AvgIpc) is 1.82. The lowest BCUT2D eigenvalue weighted by Crippen LogP contribution is -2.20. The van der Waals surface area contributed by atoms with Crippen LogP contribution in [0, 0.1) is 0 Å². The summed E-state index contributed by atoms with van der Waals surface area (Å²) in [6.45, 7) is 1.56. The Hall–Kier alpha value is -0.580. The summed E-state index contributed by atoms with van der Waals surface area (Å²) in [6, 6.07) is 0. The molecule has 0 fully saturated rings. The molecule has 0 aliphatic rings. The van der Waals surface area contributed by atoms with E-state index in [1.165, 1.54) is 10.8 Å². The van der Waals surface area contributed by atoms with Gasteiger partial charge in [0.2, 0.25) is 5.91 Å². The highest BCUT2D eigenvalue weighted by molar-refractivity contribution is 9.07. The van der Waals surface area contributed by atoms with Gasteiger partial charge in [0.25, 0.3) is 0 Å². The lowest BCUT2D eigenvalue weighted by atomic mass is 10.4. The van der Waals surface area contributed by atoms with Crippen LogP contribution in [0.2, 0.25) is 0 Å². The van der Waals surface area contributed by atoms with E-state index in [9.17, 15) is 9.59 Å². The largest absolute Gasteiger partial charge is 0.481 e. The Morgan fingerprint density at radius 3 is 2.40 bits per heavy atom. The number of aliphatic carboxylic acids is 1. The first-order chi connectivity index (χ1) is 4.54. The van der Waals surface area contributed by atoms with Crippen LogP contribution in [-0.4, -0.2) is 27.5 Å². The van der Waals surface area contributed by atoms with Crippen LogP contribution in [0.4, 0.5) is 0 Å². The van der Waals surface area contributed by atoms with Gasteiger partial charge in [-0.15, -0.1) is 0 Å². The van der Waals surface area contributed by atoms with Crippen molar-refractivity contribution in [1.29, 1.82) is 0 Å². The summed E-state index contributed by atoms with van der Waals surface area (Å²) >= 11 is 2.89. The highest BCUT2D eigenvalue weighted by Gasteiger charge is 2.05. The molecule has 0 aliphatic carbocycles. The Kier molecular flexibility index (Phi) is 4.02. The molecule has 0 heterocycles. The van der Waals surface area contributed by atoms with E-state index >= 15 is 0 Å². The Labute approximate surface area is 67.2 Å². The molecule has 0 aliphatic heterocycles. The molecule has 0 atom stereocenters. The monoisotopic (exact) mass is 209 g/mol. The van der Waals surface area contributed by atoms with Crippen LogP contribution in [0.25, 0.3) is 0 Å². The molecule has 5 heteroatoms. The summed E-state index contributed by atoms with van der Waals surface area (Å²) in [5.74, 6) is -1.10. The summed E-state index contributed by atoms with van der Waals surface area (Å²) in [6.07, 6.45) is -0.0369. The SMILES string of the molecule is CC(=O)N(Br)CCC(=O)O. The lowest BCUT2D eigenvalue weighted by molar-refractivity contribution is -0.137. The van der Waals surface area contributed by atoms with Gasteiger partial charge < -0.3 is 5.11 Å². The molecule has 0 saturated carbocycles. The fourth-order valence-electron chi connectivity index (χ4n) is 0.351. The highest BCUT2D eigenvalue weighted by Crippen LogP contribution is 1.98. The molecule has 0 unspecified atom stereocenters. The van der Waals surface area contributed by atoms with E-state index in [0.717, 1.165) is 0 Å². The zero-order chi connectivity index (χ0) is 8.15. The van der Waals surface area contributed by atoms with Crippen molar-refractivity contribution in [3.63, 3.8) is 0 Å². The normalized spacial score (nSPS) is 9.00. The molecular weight excluding hydrogens is 202 g/mol. The summed E-state index contributed by atoms with van der Waals surface area (Å²) in [5.41, 5.74) is 0. The molecular formula is C5H8BrNO3. The number of halogens is 1. The van der Waals surface area contributed by atoms with Gasteiger partial charge in [0.15, 0.2) is 0 Å². The van der Waals surface area contributed by atoms with Crippen LogP contribution in [0.5, 0.6) is 0 Å². The third-order valence-electron chi connectivity index (χ3n) is 0.864. The maximum atomic E-state index is 10.4. The fraction of sp³-hybridized carbons (Fsp3) is 0.600. The van der Waals surface area contributed by atoms with Gasteiger partial charge in [0.1, 0.15) is 0 Å². The maximum Gasteiger partial charge on any atom is 0.305 e. The van der Waals surface area contributed by atoms with E-state index in [-0.39, 0.29) is 18.9 Å². The minimum Gasteiger partial charge on any atom is -0.481 e. The smallest absolute Gasteiger partial charge is 0.305 e. The molecule has 0 radical (unpaired) electrons. The van der Waals surface area contributed by atoms with E-state index < -0.39 is 5.97 Å². The van der Waals surface area contributed by atoms with E-state index in [2.05, 4.69) is 16.1 Å². The van der Waals surface area contributed by atoms with E-state index in [0.29, 0.717) is 0 Å². The number of hydrogen-bond donors (Lipinski definition) is 1. The predicted octanol–water partition coefficient (Wildman–Crippen LogP) is 0.620. The second kappa shape index (κ2) is 4.27. The summed E-state index contributed by atoms with van der Waals surface area (Å²) < 4.78 is 1.18. The molecule has 0 aromatic heterocycles. The van der Waals surface area contributed by atoms with E-state index in [1.807, 2.05) is 0 Å². The van der Waals surface area contributed by atoms with Crippen molar-refractivity contribution >= 4 is 28.0 Å². The minimum absolute atomic E-state index is 0.0369. The fourth-order valence-corrected chi connectivity index (χ4v) is 0.529. The third-order valence-corrected chi connectivity index (χ3v) is 1.72. The Morgan fingerprint density at radius 2 is 2.10 bits per heavy atom. The van der Waals surface area contributed by atoms with Gasteiger partial charge in [-0.1, -0.05) is 0 Å². The molecule has 0 spiro atoms. The zero-order valence-electron chi connectivity index (χ0n) is 5.50. The number of hydrogen-bond acceptors (Lipinski definition) is 2. The zero-order valence-corrected chi connectivity index (χ0v) is 7.09. The van der Waals surface area contributed by atoms with Gasteiger partial charge >= 0.3 is 5.97 Å². The van der Waals surface area contributed by atoms with Crippen LogP contribution in [-0.2, 0) is 9.59 Å². The Balaban J connectivity index is 3.49. The summed E-state index contributed by atoms with van der Waals surface area (Å²) in [5, 5.41) is 8.19. The molecule has 1 N–H and O–H groups in total. The van der Waals surface area contributed by atoms with Crippen LogP contribution in [0.3, 0.4) is 0 Å². The number of carbonyl (C=O) groups excluding carboxylic acids is 1. The van der Waals surface area contributed by atoms with Crippen molar-refractivity contribution in [2.24, 2.45) is 0 Å². The number of carbonyl (C=O) groups is 2. The van der Waals surface area contributed by atoms with Gasteiger partial charge in [-0.25, -0.2) is 0 Å². The number of amides is 1. The molecule has 0 aromatic rings. The second-order valence-corrected chi connectivity index (χ2v) is 2.60.